The minimum atomic E-state index is 0.655. The van der Waals surface area contributed by atoms with Crippen molar-refractivity contribution in [3.05, 3.63) is 42.5 Å². The predicted molar refractivity (Wildman–Crippen MR) is 169 cm³/mol. The van der Waals surface area contributed by atoms with E-state index in [1.165, 1.54) is 0 Å². The van der Waals surface area contributed by atoms with Gasteiger partial charge in [0.1, 0.15) is 11.3 Å². The Morgan fingerprint density at radius 3 is 2.50 bits per heavy atom. The normalized spacial score (nSPS) is 16.4. The van der Waals surface area contributed by atoms with Crippen molar-refractivity contribution in [1.29, 1.82) is 0 Å². The van der Waals surface area contributed by atoms with Gasteiger partial charge in [0, 0.05) is 89.5 Å². The summed E-state index contributed by atoms with van der Waals surface area (Å²) in [6.45, 7) is 10.3. The van der Waals surface area contributed by atoms with Gasteiger partial charge in [-0.25, -0.2) is 14.6 Å². The minimum absolute atomic E-state index is 0.655. The molecule has 5 aromatic rings. The van der Waals surface area contributed by atoms with Crippen molar-refractivity contribution in [2.45, 2.75) is 6.92 Å². The molecule has 7 heterocycles. The summed E-state index contributed by atoms with van der Waals surface area (Å²) in [4.78, 5) is 26.7. The Kier molecular flexibility index (Phi) is 7.75. The number of aromatic nitrogens is 7. The number of methoxy groups -OCH3 is 2. The Morgan fingerprint density at radius 1 is 0.909 bits per heavy atom. The molecule has 2 fully saturated rings. The fraction of sp³-hybridized carbons (Fsp3) is 0.452. The second kappa shape index (κ2) is 12.0. The van der Waals surface area contributed by atoms with E-state index in [2.05, 4.69) is 37.4 Å². The number of aryl methyl sites for hydroxylation is 2. The third-order valence-corrected chi connectivity index (χ3v) is 8.64. The smallest absolute Gasteiger partial charge is 0.206 e. The molecule has 13 heteroatoms. The van der Waals surface area contributed by atoms with Gasteiger partial charge in [0.2, 0.25) is 5.95 Å². The molecule has 0 atom stereocenters. The maximum absolute atomic E-state index is 5.69. The number of hydrogen-bond acceptors (Lipinski definition) is 11. The summed E-state index contributed by atoms with van der Waals surface area (Å²) < 4.78 is 20.7. The Morgan fingerprint density at radius 2 is 1.73 bits per heavy atom. The van der Waals surface area contributed by atoms with E-state index in [4.69, 9.17) is 34.3 Å². The summed E-state index contributed by atoms with van der Waals surface area (Å²) in [6.07, 6.45) is 5.36. The molecular weight excluding hydrogens is 560 g/mol. The second-order valence-corrected chi connectivity index (χ2v) is 11.2. The van der Waals surface area contributed by atoms with Crippen LogP contribution in [0.4, 0.5) is 11.8 Å². The maximum Gasteiger partial charge on any atom is 0.206 e. The number of imidazole rings is 1. The first-order valence-electron chi connectivity index (χ1n) is 15.1. The van der Waals surface area contributed by atoms with E-state index in [1.807, 2.05) is 29.9 Å². The molecule has 230 valence electrons. The molecule has 2 saturated heterocycles. The molecule has 0 amide bonds. The Labute approximate surface area is 256 Å². The van der Waals surface area contributed by atoms with E-state index < -0.39 is 0 Å². The lowest BCUT2D eigenvalue weighted by molar-refractivity contribution is 0.122. The summed E-state index contributed by atoms with van der Waals surface area (Å²) >= 11 is 0. The highest BCUT2D eigenvalue weighted by Gasteiger charge is 2.26. The first-order chi connectivity index (χ1) is 21.6. The summed E-state index contributed by atoms with van der Waals surface area (Å²) in [5, 5.41) is 5.79. The molecule has 0 spiro atoms. The first-order valence-corrected chi connectivity index (χ1v) is 15.1. The molecule has 13 nitrogen and oxygen atoms in total. The number of anilines is 2. The van der Waals surface area contributed by atoms with Gasteiger partial charge in [-0.3, -0.25) is 14.9 Å². The zero-order valence-corrected chi connectivity index (χ0v) is 25.7. The van der Waals surface area contributed by atoms with Crippen molar-refractivity contribution in [1.82, 2.24) is 39.2 Å². The molecule has 2 aliphatic heterocycles. The number of nitrogens with zero attached hydrogens (tertiary/aromatic N) is 10. The summed E-state index contributed by atoms with van der Waals surface area (Å²) in [5.74, 6) is 3.25. The summed E-state index contributed by atoms with van der Waals surface area (Å²) in [7, 11) is 5.51. The SMILES string of the molecule is COCCN1CCN(c2nc3c(N4CCOCC4)nc(-n4ncc5c(C)nc(-c6cnccc6OC)cc54)cc3n2C)CC1. The average molecular weight is 599 g/mol. The first kappa shape index (κ1) is 28.4. The largest absolute Gasteiger partial charge is 0.496 e. The van der Waals surface area contributed by atoms with Crippen LogP contribution < -0.4 is 14.5 Å². The number of ether oxygens (including phenoxy) is 3. The molecule has 0 aliphatic carbocycles. The van der Waals surface area contributed by atoms with Crippen molar-refractivity contribution in [3.8, 4) is 22.8 Å². The van der Waals surface area contributed by atoms with Gasteiger partial charge < -0.3 is 28.6 Å². The number of morpholine rings is 1. The third-order valence-electron chi connectivity index (χ3n) is 8.64. The maximum atomic E-state index is 5.69. The zero-order valence-electron chi connectivity index (χ0n) is 25.7. The predicted octanol–water partition coefficient (Wildman–Crippen LogP) is 2.69. The molecule has 0 unspecified atom stereocenters. The molecule has 5 aromatic heterocycles. The van der Waals surface area contributed by atoms with Crippen LogP contribution in [0.5, 0.6) is 5.75 Å². The molecular formula is C31H38N10O3. The van der Waals surface area contributed by atoms with E-state index in [1.54, 1.807) is 26.6 Å². The van der Waals surface area contributed by atoms with E-state index in [0.717, 1.165) is 109 Å². The van der Waals surface area contributed by atoms with E-state index in [9.17, 15) is 0 Å². The van der Waals surface area contributed by atoms with Crippen molar-refractivity contribution >= 4 is 33.7 Å². The second-order valence-electron chi connectivity index (χ2n) is 11.2. The molecule has 7 rings (SSSR count). The van der Waals surface area contributed by atoms with Gasteiger partial charge in [0.25, 0.3) is 0 Å². The topological polar surface area (TPSA) is 112 Å². The molecule has 0 aromatic carbocycles. The summed E-state index contributed by atoms with van der Waals surface area (Å²) in [6, 6.07) is 5.97. The van der Waals surface area contributed by atoms with Crippen LogP contribution in [-0.2, 0) is 16.5 Å². The quantitative estimate of drug-likeness (QED) is 0.263. The highest BCUT2D eigenvalue weighted by Crippen LogP contribution is 2.34. The molecule has 0 radical (unpaired) electrons. The molecule has 0 N–H and O–H groups in total. The Hall–Kier alpha value is -4.33. The zero-order chi connectivity index (χ0) is 30.2. The van der Waals surface area contributed by atoms with Gasteiger partial charge >= 0.3 is 0 Å². The van der Waals surface area contributed by atoms with Crippen molar-refractivity contribution < 1.29 is 14.2 Å². The lowest BCUT2D eigenvalue weighted by atomic mass is 10.1. The Bertz CT molecular complexity index is 1790. The number of piperazine rings is 1. The highest BCUT2D eigenvalue weighted by molar-refractivity contribution is 5.92. The lowest BCUT2D eigenvalue weighted by Crippen LogP contribution is -2.48. The van der Waals surface area contributed by atoms with Gasteiger partial charge in [-0.1, -0.05) is 0 Å². The molecule has 0 saturated carbocycles. The average Bonchev–Trinajstić information content (AvgIpc) is 3.65. The van der Waals surface area contributed by atoms with Gasteiger partial charge in [-0.05, 0) is 19.1 Å². The van der Waals surface area contributed by atoms with Gasteiger partial charge in [0.05, 0.1) is 55.4 Å². The standard InChI is InChI=1S/C31H38N10O3/c1-21-22-20-33-41(25(22)17-24(34-21)23-19-32-6-5-27(23)43-4)28-18-26-29(30(35-28)39-12-15-44-16-13-39)36-31(37(26)2)40-9-7-38(8-10-40)11-14-42-3/h5-6,17-20H,7-16H2,1-4H3. The minimum Gasteiger partial charge on any atom is -0.496 e. The van der Waals surface area contributed by atoms with Crippen LogP contribution in [0.3, 0.4) is 0 Å². The van der Waals surface area contributed by atoms with E-state index >= 15 is 0 Å². The lowest BCUT2D eigenvalue weighted by Gasteiger charge is -2.35. The molecule has 0 bridgehead atoms. The fourth-order valence-electron chi connectivity index (χ4n) is 6.17. The van der Waals surface area contributed by atoms with Crippen LogP contribution in [0.1, 0.15) is 5.69 Å². The van der Waals surface area contributed by atoms with Crippen molar-refractivity contribution in [2.24, 2.45) is 7.05 Å². The molecule has 2 aliphatic rings. The number of rotatable bonds is 8. The van der Waals surface area contributed by atoms with Gasteiger partial charge in [0.15, 0.2) is 11.6 Å². The van der Waals surface area contributed by atoms with E-state index in [0.29, 0.717) is 19.0 Å². The number of fused-ring (bicyclic) bond motifs is 2. The monoisotopic (exact) mass is 598 g/mol. The van der Waals surface area contributed by atoms with Crippen molar-refractivity contribution in [3.63, 3.8) is 0 Å². The van der Waals surface area contributed by atoms with E-state index in [-0.39, 0.29) is 0 Å². The number of pyridine rings is 3. The van der Waals surface area contributed by atoms with Gasteiger partial charge in [-0.2, -0.15) is 5.10 Å². The van der Waals surface area contributed by atoms with Crippen LogP contribution in [0.25, 0.3) is 39.0 Å². The van der Waals surface area contributed by atoms with Crippen LogP contribution in [0.15, 0.2) is 36.8 Å². The fourth-order valence-corrected chi connectivity index (χ4v) is 6.17. The molecule has 44 heavy (non-hydrogen) atoms. The van der Waals surface area contributed by atoms with Crippen molar-refractivity contribution in [2.75, 3.05) is 89.7 Å². The third kappa shape index (κ3) is 5.10. The summed E-state index contributed by atoms with van der Waals surface area (Å²) in [5.41, 5.74) is 5.28. The van der Waals surface area contributed by atoms with Crippen LogP contribution in [-0.4, -0.2) is 119 Å². The van der Waals surface area contributed by atoms with Crippen LogP contribution in [0, 0.1) is 6.92 Å². The van der Waals surface area contributed by atoms with Crippen LogP contribution >= 0.6 is 0 Å². The highest BCUT2D eigenvalue weighted by atomic mass is 16.5. The van der Waals surface area contributed by atoms with Gasteiger partial charge in [-0.15, -0.1) is 0 Å². The number of hydrogen-bond donors (Lipinski definition) is 0. The van der Waals surface area contributed by atoms with Crippen LogP contribution in [0.2, 0.25) is 0 Å². The Balaban J connectivity index is 1.33.